The van der Waals surface area contributed by atoms with E-state index in [0.717, 1.165) is 21.2 Å². The summed E-state index contributed by atoms with van der Waals surface area (Å²) in [6.07, 6.45) is 2.12. The molecule has 5 rings (SSSR count). The van der Waals surface area contributed by atoms with Crippen molar-refractivity contribution >= 4 is 49.0 Å². The van der Waals surface area contributed by atoms with Crippen LogP contribution in [0.5, 0.6) is 0 Å². The van der Waals surface area contributed by atoms with E-state index in [-0.39, 0.29) is 16.8 Å². The molecule has 37 heavy (non-hydrogen) atoms. The third-order valence-corrected chi connectivity index (χ3v) is 8.40. The number of amides is 1. The summed E-state index contributed by atoms with van der Waals surface area (Å²) in [5, 5.41) is 3.98. The largest absolute Gasteiger partial charge is 0.321 e. The van der Waals surface area contributed by atoms with Crippen molar-refractivity contribution in [3.8, 4) is 0 Å². The number of fused-ring (bicyclic) bond motifs is 1. The van der Waals surface area contributed by atoms with Crippen molar-refractivity contribution in [2.24, 2.45) is 0 Å². The molecule has 0 radical (unpaired) electrons. The Morgan fingerprint density at radius 1 is 0.919 bits per heavy atom. The Morgan fingerprint density at radius 2 is 1.65 bits per heavy atom. The highest BCUT2D eigenvalue weighted by atomic mass is 32.2. The SMILES string of the molecule is Cc1ccc(Cc2c(C(=O)Nc3ccc(S(=O)(=O)Nc4nccc(C)n4)cc3)sc3ccccc23)cc1. The summed E-state index contributed by atoms with van der Waals surface area (Å²) in [4.78, 5) is 22.1. The van der Waals surface area contributed by atoms with Gasteiger partial charge in [0.2, 0.25) is 5.95 Å². The fraction of sp³-hybridized carbons (Fsp3) is 0.107. The number of aryl methyl sites for hydroxylation is 2. The molecule has 0 aliphatic carbocycles. The lowest BCUT2D eigenvalue weighted by molar-refractivity contribution is 0.103. The third-order valence-electron chi connectivity index (χ3n) is 5.85. The maximum Gasteiger partial charge on any atom is 0.266 e. The molecule has 0 saturated carbocycles. The summed E-state index contributed by atoms with van der Waals surface area (Å²) in [5.74, 6) is -0.228. The first-order chi connectivity index (χ1) is 17.8. The number of thiophene rings is 1. The highest BCUT2D eigenvalue weighted by Crippen LogP contribution is 2.33. The van der Waals surface area contributed by atoms with E-state index >= 15 is 0 Å². The molecule has 0 fully saturated rings. The zero-order valence-corrected chi connectivity index (χ0v) is 21.9. The van der Waals surface area contributed by atoms with Crippen molar-refractivity contribution in [1.82, 2.24) is 9.97 Å². The van der Waals surface area contributed by atoms with E-state index in [9.17, 15) is 13.2 Å². The number of aromatic nitrogens is 2. The van der Waals surface area contributed by atoms with Crippen LogP contribution in [0.3, 0.4) is 0 Å². The number of hydrogen-bond acceptors (Lipinski definition) is 6. The number of benzene rings is 3. The van der Waals surface area contributed by atoms with E-state index in [4.69, 9.17) is 0 Å². The lowest BCUT2D eigenvalue weighted by atomic mass is 10.0. The van der Waals surface area contributed by atoms with Gasteiger partial charge in [0.15, 0.2) is 0 Å². The first-order valence-corrected chi connectivity index (χ1v) is 13.9. The number of rotatable bonds is 7. The van der Waals surface area contributed by atoms with Crippen LogP contribution in [0.2, 0.25) is 0 Å². The molecule has 0 saturated heterocycles. The lowest BCUT2D eigenvalue weighted by Crippen LogP contribution is -2.16. The predicted molar refractivity (Wildman–Crippen MR) is 148 cm³/mol. The number of sulfonamides is 1. The van der Waals surface area contributed by atoms with Crippen molar-refractivity contribution in [3.05, 3.63) is 112 Å². The molecule has 0 unspecified atom stereocenters. The van der Waals surface area contributed by atoms with Crippen molar-refractivity contribution < 1.29 is 13.2 Å². The van der Waals surface area contributed by atoms with Gasteiger partial charge in [-0.2, -0.15) is 0 Å². The van der Waals surface area contributed by atoms with Gasteiger partial charge in [0.05, 0.1) is 9.77 Å². The van der Waals surface area contributed by atoms with Gasteiger partial charge in [0, 0.05) is 22.3 Å². The van der Waals surface area contributed by atoms with Crippen LogP contribution < -0.4 is 10.0 Å². The third kappa shape index (κ3) is 5.52. The van der Waals surface area contributed by atoms with E-state index in [1.165, 1.54) is 35.2 Å². The van der Waals surface area contributed by atoms with Crippen LogP contribution in [0, 0.1) is 13.8 Å². The topological polar surface area (TPSA) is 101 Å². The molecule has 0 bridgehead atoms. The van der Waals surface area contributed by atoms with Gasteiger partial charge in [-0.1, -0.05) is 48.0 Å². The zero-order valence-electron chi connectivity index (χ0n) is 20.2. The van der Waals surface area contributed by atoms with Crippen LogP contribution in [-0.4, -0.2) is 24.3 Å². The Labute approximate surface area is 219 Å². The van der Waals surface area contributed by atoms with Crippen LogP contribution in [0.15, 0.2) is 90.0 Å². The number of nitrogens with one attached hydrogen (secondary N) is 2. The van der Waals surface area contributed by atoms with Gasteiger partial charge in [0.25, 0.3) is 15.9 Å². The standard InChI is InChI=1S/C28H24N4O3S2/c1-18-7-9-20(10-8-18)17-24-23-5-3-4-6-25(23)36-26(24)27(33)31-21-11-13-22(14-12-21)37(34,35)32-28-29-16-15-19(2)30-28/h3-16H,17H2,1-2H3,(H,31,33)(H,29,30,32). The first kappa shape index (κ1) is 24.6. The first-order valence-electron chi connectivity index (χ1n) is 11.6. The Bertz CT molecular complexity index is 1690. The second-order valence-electron chi connectivity index (χ2n) is 8.67. The monoisotopic (exact) mass is 528 g/mol. The molecule has 7 nitrogen and oxygen atoms in total. The second kappa shape index (κ2) is 10.1. The maximum absolute atomic E-state index is 13.4. The van der Waals surface area contributed by atoms with Crippen LogP contribution in [0.1, 0.15) is 32.1 Å². The normalized spacial score (nSPS) is 11.4. The van der Waals surface area contributed by atoms with Gasteiger partial charge in [0.1, 0.15) is 0 Å². The summed E-state index contributed by atoms with van der Waals surface area (Å²) in [5.41, 5.74) is 4.43. The molecule has 2 heterocycles. The summed E-state index contributed by atoms with van der Waals surface area (Å²) in [6, 6.07) is 24.0. The summed E-state index contributed by atoms with van der Waals surface area (Å²) in [6.45, 7) is 3.80. The molecule has 0 aliphatic rings. The highest BCUT2D eigenvalue weighted by Gasteiger charge is 2.20. The van der Waals surface area contributed by atoms with Crippen LogP contribution >= 0.6 is 11.3 Å². The summed E-state index contributed by atoms with van der Waals surface area (Å²) >= 11 is 1.45. The number of anilines is 2. The van der Waals surface area contributed by atoms with Crippen LogP contribution in [0.4, 0.5) is 11.6 Å². The fourth-order valence-corrected chi connectivity index (χ4v) is 6.02. The van der Waals surface area contributed by atoms with E-state index in [1.807, 2.05) is 31.2 Å². The fourth-order valence-electron chi connectivity index (χ4n) is 3.95. The second-order valence-corrected chi connectivity index (χ2v) is 11.4. The van der Waals surface area contributed by atoms with Gasteiger partial charge in [-0.15, -0.1) is 11.3 Å². The molecule has 0 atom stereocenters. The van der Waals surface area contributed by atoms with Crippen molar-refractivity contribution in [3.63, 3.8) is 0 Å². The molecule has 1 amide bonds. The van der Waals surface area contributed by atoms with E-state index in [2.05, 4.69) is 44.3 Å². The number of nitrogens with zero attached hydrogens (tertiary/aromatic N) is 2. The molecule has 2 aromatic heterocycles. The Kier molecular flexibility index (Phi) is 6.73. The molecule has 3 aromatic carbocycles. The van der Waals surface area contributed by atoms with E-state index < -0.39 is 10.0 Å². The maximum atomic E-state index is 13.4. The minimum Gasteiger partial charge on any atom is -0.321 e. The van der Waals surface area contributed by atoms with Crippen LogP contribution in [0.25, 0.3) is 10.1 Å². The summed E-state index contributed by atoms with van der Waals surface area (Å²) in [7, 11) is -3.87. The molecule has 2 N–H and O–H groups in total. The average Bonchev–Trinajstić information content (AvgIpc) is 3.24. The smallest absolute Gasteiger partial charge is 0.266 e. The number of carbonyl (C=O) groups excluding carboxylic acids is 1. The van der Waals surface area contributed by atoms with Crippen molar-refractivity contribution in [1.29, 1.82) is 0 Å². The minimum atomic E-state index is -3.87. The van der Waals surface area contributed by atoms with Gasteiger partial charge >= 0.3 is 0 Å². The zero-order chi connectivity index (χ0) is 26.0. The van der Waals surface area contributed by atoms with Crippen LogP contribution in [-0.2, 0) is 16.4 Å². The van der Waals surface area contributed by atoms with Gasteiger partial charge in [-0.05, 0) is 73.2 Å². The van der Waals surface area contributed by atoms with Crippen molar-refractivity contribution in [2.75, 3.05) is 10.0 Å². The molecule has 0 aliphatic heterocycles. The molecule has 0 spiro atoms. The molecule has 5 aromatic rings. The van der Waals surface area contributed by atoms with Gasteiger partial charge in [-0.3, -0.25) is 4.79 Å². The quantitative estimate of drug-likeness (QED) is 0.272. The highest BCUT2D eigenvalue weighted by molar-refractivity contribution is 7.92. The molecule has 9 heteroatoms. The number of carbonyl (C=O) groups is 1. The average molecular weight is 529 g/mol. The van der Waals surface area contributed by atoms with E-state index in [0.29, 0.717) is 22.7 Å². The number of hydrogen-bond donors (Lipinski definition) is 2. The molecular weight excluding hydrogens is 504 g/mol. The minimum absolute atomic E-state index is 0.00301. The Balaban J connectivity index is 1.37. The van der Waals surface area contributed by atoms with Gasteiger partial charge < -0.3 is 5.32 Å². The summed E-state index contributed by atoms with van der Waals surface area (Å²) < 4.78 is 28.9. The molecule has 186 valence electrons. The lowest BCUT2D eigenvalue weighted by Gasteiger charge is -2.10. The Morgan fingerprint density at radius 3 is 2.38 bits per heavy atom. The predicted octanol–water partition coefficient (Wildman–Crippen LogP) is 5.95. The van der Waals surface area contributed by atoms with E-state index in [1.54, 1.807) is 25.1 Å². The van der Waals surface area contributed by atoms with Gasteiger partial charge in [-0.25, -0.2) is 23.1 Å². The van der Waals surface area contributed by atoms with Crippen molar-refractivity contribution in [2.45, 2.75) is 25.2 Å². The Hall–Kier alpha value is -4.08. The molecular formula is C28H24N4O3S2.